The number of aryl methyl sites for hydroxylation is 1. The molecule has 2 heterocycles. The van der Waals surface area contributed by atoms with Gasteiger partial charge < -0.3 is 16.2 Å². The van der Waals surface area contributed by atoms with Crippen molar-refractivity contribution in [3.8, 4) is 0 Å². The molecule has 1 unspecified atom stereocenters. The van der Waals surface area contributed by atoms with E-state index < -0.39 is 23.8 Å². The standard InChI is InChI=1S/C26H29ClF3N7O2/c1-15-21(11-33-35(15)2)23(31)14-37(32)24-9-17(3-4-22(24)27)25(39)34-19-8-16(7-18(10-19)26(28,29)30)12-36-6-5-20(38)13-36/h3-4,7-11,14,20,38H,5-6,12-13,31-32H2,1-2H3,(H,34,39)/b23-14-. The molecule has 1 atom stereocenters. The number of halogens is 4. The largest absolute Gasteiger partial charge is 0.416 e. The number of aliphatic hydroxyl groups excluding tert-OH is 1. The third kappa shape index (κ3) is 6.71. The molecular weight excluding hydrogens is 535 g/mol. The Kier molecular flexibility index (Phi) is 8.21. The number of nitrogens with two attached hydrogens (primary N) is 2. The number of aliphatic hydroxyl groups is 1. The van der Waals surface area contributed by atoms with Gasteiger partial charge in [-0.05, 0) is 55.3 Å². The Morgan fingerprint density at radius 1 is 1.31 bits per heavy atom. The molecule has 1 aromatic heterocycles. The lowest BCUT2D eigenvalue weighted by Gasteiger charge is -2.19. The van der Waals surface area contributed by atoms with Crippen molar-refractivity contribution in [1.29, 1.82) is 0 Å². The summed E-state index contributed by atoms with van der Waals surface area (Å²) in [5.41, 5.74) is 7.83. The molecule has 6 N–H and O–H groups in total. The average Bonchev–Trinajstić information content (AvgIpc) is 3.42. The van der Waals surface area contributed by atoms with E-state index in [1.807, 2.05) is 11.8 Å². The number of likely N-dealkylation sites (tertiary alicyclic amines) is 1. The second kappa shape index (κ2) is 11.3. The summed E-state index contributed by atoms with van der Waals surface area (Å²) in [5, 5.41) is 17.8. The van der Waals surface area contributed by atoms with Gasteiger partial charge in [0.1, 0.15) is 0 Å². The van der Waals surface area contributed by atoms with Crippen molar-refractivity contribution in [2.75, 3.05) is 23.4 Å². The number of β-amino-alcohol motifs (C(OH)–C–C–N with tert-alkyl or cyclic N) is 1. The Morgan fingerprint density at radius 3 is 2.67 bits per heavy atom. The predicted molar refractivity (Wildman–Crippen MR) is 144 cm³/mol. The highest BCUT2D eigenvalue weighted by Gasteiger charge is 2.32. The van der Waals surface area contributed by atoms with Gasteiger partial charge in [-0.15, -0.1) is 0 Å². The summed E-state index contributed by atoms with van der Waals surface area (Å²) in [7, 11) is 1.77. The number of anilines is 2. The minimum absolute atomic E-state index is 0.0122. The smallest absolute Gasteiger partial charge is 0.397 e. The van der Waals surface area contributed by atoms with Crippen LogP contribution in [0.5, 0.6) is 0 Å². The van der Waals surface area contributed by atoms with Crippen molar-refractivity contribution >= 4 is 34.6 Å². The lowest BCUT2D eigenvalue weighted by molar-refractivity contribution is -0.137. The predicted octanol–water partition coefficient (Wildman–Crippen LogP) is 3.86. The van der Waals surface area contributed by atoms with Crippen LogP contribution < -0.4 is 21.9 Å². The van der Waals surface area contributed by atoms with Crippen LogP contribution in [0.15, 0.2) is 48.8 Å². The van der Waals surface area contributed by atoms with E-state index in [-0.39, 0.29) is 28.5 Å². The van der Waals surface area contributed by atoms with Crippen LogP contribution in [0.2, 0.25) is 5.02 Å². The second-order valence-electron chi connectivity index (χ2n) is 9.47. The van der Waals surface area contributed by atoms with Gasteiger partial charge in [0.05, 0.1) is 34.3 Å². The van der Waals surface area contributed by atoms with Crippen LogP contribution >= 0.6 is 11.6 Å². The number of nitrogens with zero attached hydrogens (tertiary/aromatic N) is 4. The van der Waals surface area contributed by atoms with Crippen LogP contribution in [-0.2, 0) is 19.8 Å². The van der Waals surface area contributed by atoms with Crippen molar-refractivity contribution in [3.05, 3.63) is 81.8 Å². The van der Waals surface area contributed by atoms with E-state index >= 15 is 0 Å². The fourth-order valence-corrected chi connectivity index (χ4v) is 4.57. The van der Waals surface area contributed by atoms with Gasteiger partial charge in [0.2, 0.25) is 0 Å². The van der Waals surface area contributed by atoms with Crippen molar-refractivity contribution in [1.82, 2.24) is 14.7 Å². The zero-order valence-corrected chi connectivity index (χ0v) is 22.1. The molecule has 208 valence electrons. The minimum Gasteiger partial charge on any atom is -0.397 e. The van der Waals surface area contributed by atoms with Gasteiger partial charge in [-0.25, -0.2) is 5.84 Å². The first-order chi connectivity index (χ1) is 18.3. The molecule has 9 nitrogen and oxygen atoms in total. The van der Waals surface area contributed by atoms with E-state index in [9.17, 15) is 23.1 Å². The van der Waals surface area contributed by atoms with E-state index in [2.05, 4.69) is 10.4 Å². The summed E-state index contributed by atoms with van der Waals surface area (Å²) < 4.78 is 42.5. The number of hydrazine groups is 1. The zero-order valence-electron chi connectivity index (χ0n) is 21.3. The van der Waals surface area contributed by atoms with E-state index in [1.165, 1.54) is 30.5 Å². The number of aromatic nitrogens is 2. The second-order valence-corrected chi connectivity index (χ2v) is 9.88. The molecule has 0 bridgehead atoms. The monoisotopic (exact) mass is 563 g/mol. The molecule has 0 aliphatic carbocycles. The molecule has 39 heavy (non-hydrogen) atoms. The summed E-state index contributed by atoms with van der Waals surface area (Å²) in [6, 6.07) is 7.73. The Bertz CT molecular complexity index is 1410. The average molecular weight is 564 g/mol. The topological polar surface area (TPSA) is 126 Å². The molecule has 1 amide bonds. The first-order valence-corrected chi connectivity index (χ1v) is 12.4. The molecule has 1 saturated heterocycles. The van der Waals surface area contributed by atoms with Gasteiger partial charge in [0.25, 0.3) is 5.91 Å². The van der Waals surface area contributed by atoms with Crippen LogP contribution in [0.1, 0.15) is 39.2 Å². The van der Waals surface area contributed by atoms with Crippen LogP contribution in [0.4, 0.5) is 24.5 Å². The van der Waals surface area contributed by atoms with Gasteiger partial charge in [-0.1, -0.05) is 11.6 Å². The molecule has 0 spiro atoms. The molecule has 0 saturated carbocycles. The van der Waals surface area contributed by atoms with E-state index in [0.29, 0.717) is 36.3 Å². The highest BCUT2D eigenvalue weighted by atomic mass is 35.5. The van der Waals surface area contributed by atoms with E-state index in [4.69, 9.17) is 23.2 Å². The number of benzene rings is 2. The molecule has 4 rings (SSSR count). The molecule has 13 heteroatoms. The maximum atomic E-state index is 13.6. The number of nitrogens with one attached hydrogen (secondary N) is 1. The van der Waals surface area contributed by atoms with Crippen LogP contribution in [-0.4, -0.2) is 44.9 Å². The Labute approximate surface area is 228 Å². The molecule has 1 fully saturated rings. The molecule has 3 aromatic rings. The summed E-state index contributed by atoms with van der Waals surface area (Å²) in [5.74, 6) is 5.52. The van der Waals surface area contributed by atoms with E-state index in [1.54, 1.807) is 17.9 Å². The summed E-state index contributed by atoms with van der Waals surface area (Å²) >= 11 is 6.32. The van der Waals surface area contributed by atoms with Crippen molar-refractivity contribution in [2.24, 2.45) is 18.6 Å². The molecule has 2 aromatic carbocycles. The number of carbonyl (C=O) groups excluding carboxylic acids is 1. The summed E-state index contributed by atoms with van der Waals surface area (Å²) in [4.78, 5) is 14.9. The van der Waals surface area contributed by atoms with Gasteiger partial charge in [-0.3, -0.25) is 19.4 Å². The van der Waals surface area contributed by atoms with Crippen molar-refractivity contribution in [3.63, 3.8) is 0 Å². The number of rotatable bonds is 7. The molecular formula is C26H29ClF3N7O2. The molecule has 1 aliphatic heterocycles. The quantitative estimate of drug-likeness (QED) is 0.254. The first-order valence-electron chi connectivity index (χ1n) is 12.0. The van der Waals surface area contributed by atoms with Crippen LogP contribution in [0.3, 0.4) is 0 Å². The number of carbonyl (C=O) groups is 1. The Hall–Kier alpha value is -3.58. The molecule has 1 aliphatic rings. The SMILES string of the molecule is Cc1c(/C(N)=C/N(N)c2cc(C(=O)Nc3cc(CN4CCC(O)C4)cc(C(F)(F)F)c3)ccc2Cl)cnn1C. The number of hydrogen-bond acceptors (Lipinski definition) is 7. The Balaban J connectivity index is 1.57. The lowest BCUT2D eigenvalue weighted by atomic mass is 10.1. The van der Waals surface area contributed by atoms with Gasteiger partial charge in [0.15, 0.2) is 0 Å². The van der Waals surface area contributed by atoms with Gasteiger partial charge in [0, 0.05) is 55.4 Å². The number of hydrogen-bond donors (Lipinski definition) is 4. The van der Waals surface area contributed by atoms with Crippen LogP contribution in [0.25, 0.3) is 5.70 Å². The van der Waals surface area contributed by atoms with Gasteiger partial charge >= 0.3 is 6.18 Å². The third-order valence-corrected chi connectivity index (χ3v) is 6.86. The first kappa shape index (κ1) is 28.4. The maximum absolute atomic E-state index is 13.6. The number of amides is 1. The van der Waals surface area contributed by atoms with Gasteiger partial charge in [-0.2, -0.15) is 18.3 Å². The molecule has 0 radical (unpaired) electrons. The third-order valence-electron chi connectivity index (χ3n) is 6.54. The highest BCUT2D eigenvalue weighted by Crippen LogP contribution is 2.33. The highest BCUT2D eigenvalue weighted by molar-refractivity contribution is 6.33. The van der Waals surface area contributed by atoms with E-state index in [0.717, 1.165) is 22.8 Å². The maximum Gasteiger partial charge on any atom is 0.416 e. The fourth-order valence-electron chi connectivity index (χ4n) is 4.36. The summed E-state index contributed by atoms with van der Waals surface area (Å²) in [6.07, 6.45) is -1.53. The lowest BCUT2D eigenvalue weighted by Crippen LogP contribution is -2.26. The minimum atomic E-state index is -4.60. The van der Waals surface area contributed by atoms with Crippen LogP contribution in [0, 0.1) is 6.92 Å². The number of alkyl halides is 3. The fraction of sp³-hybridized carbons (Fsp3) is 0.308. The van der Waals surface area contributed by atoms with Crippen molar-refractivity contribution in [2.45, 2.75) is 32.2 Å². The zero-order chi connectivity index (χ0) is 28.5. The van der Waals surface area contributed by atoms with Crippen molar-refractivity contribution < 1.29 is 23.1 Å². The normalized spacial score (nSPS) is 16.5. The Morgan fingerprint density at radius 2 is 2.05 bits per heavy atom. The summed E-state index contributed by atoms with van der Waals surface area (Å²) in [6.45, 7) is 3.00.